The second-order valence-electron chi connectivity index (χ2n) is 6.21. The van der Waals surface area contributed by atoms with Crippen LogP contribution < -0.4 is 5.32 Å². The van der Waals surface area contributed by atoms with Crippen LogP contribution in [0.1, 0.15) is 42.5 Å². The smallest absolute Gasteiger partial charge is 0.176 e. The van der Waals surface area contributed by atoms with Crippen LogP contribution in [-0.4, -0.2) is 43.4 Å². The quantitative estimate of drug-likeness (QED) is 0.818. The Balaban J connectivity index is 1.87. The summed E-state index contributed by atoms with van der Waals surface area (Å²) in [5.74, 6) is 0.122. The van der Waals surface area contributed by atoms with Gasteiger partial charge in [-0.15, -0.1) is 0 Å². The Kier molecular flexibility index (Phi) is 5.80. The first-order valence-electron chi connectivity index (χ1n) is 7.70. The third kappa shape index (κ3) is 4.29. The summed E-state index contributed by atoms with van der Waals surface area (Å²) in [5.41, 5.74) is 0.924. The van der Waals surface area contributed by atoms with Gasteiger partial charge >= 0.3 is 0 Å². The van der Waals surface area contributed by atoms with E-state index in [4.69, 9.17) is 11.6 Å². The van der Waals surface area contributed by atoms with E-state index in [0.717, 1.165) is 12.1 Å². The van der Waals surface area contributed by atoms with Crippen LogP contribution in [-0.2, 0) is 0 Å². The van der Waals surface area contributed by atoms with Crippen molar-refractivity contribution < 1.29 is 4.79 Å². The summed E-state index contributed by atoms with van der Waals surface area (Å²) < 4.78 is 0. The van der Waals surface area contributed by atoms with Crippen molar-refractivity contribution in [2.24, 2.45) is 0 Å². The minimum atomic E-state index is 0.122. The molecule has 1 aromatic rings. The van der Waals surface area contributed by atoms with Gasteiger partial charge in [-0.2, -0.15) is 0 Å². The molecule has 0 spiro atoms. The summed E-state index contributed by atoms with van der Waals surface area (Å²) in [6.45, 7) is 1.26. The molecular formula is C17H25ClN2O. The molecule has 1 saturated carbocycles. The van der Waals surface area contributed by atoms with E-state index >= 15 is 0 Å². The van der Waals surface area contributed by atoms with E-state index in [1.54, 1.807) is 24.3 Å². The molecule has 1 aromatic carbocycles. The molecular weight excluding hydrogens is 284 g/mol. The van der Waals surface area contributed by atoms with Crippen molar-refractivity contribution in [3.8, 4) is 0 Å². The largest absolute Gasteiger partial charge is 0.308 e. The summed E-state index contributed by atoms with van der Waals surface area (Å²) in [4.78, 5) is 14.5. The van der Waals surface area contributed by atoms with Crippen molar-refractivity contribution in [3.05, 3.63) is 34.9 Å². The highest BCUT2D eigenvalue weighted by molar-refractivity contribution is 6.30. The molecule has 0 unspecified atom stereocenters. The second-order valence-corrected chi connectivity index (χ2v) is 6.65. The number of nitrogens with one attached hydrogen (secondary N) is 1. The number of rotatable bonds is 6. The Morgan fingerprint density at radius 3 is 2.38 bits per heavy atom. The summed E-state index contributed by atoms with van der Waals surface area (Å²) in [6, 6.07) is 7.10. The van der Waals surface area contributed by atoms with Crippen LogP contribution in [0.5, 0.6) is 0 Å². The molecule has 0 aromatic heterocycles. The zero-order valence-corrected chi connectivity index (χ0v) is 13.7. The van der Waals surface area contributed by atoms with Crippen molar-refractivity contribution in [2.75, 3.05) is 27.2 Å². The van der Waals surface area contributed by atoms with Crippen molar-refractivity contribution in [1.82, 2.24) is 10.2 Å². The molecule has 0 bridgehead atoms. The molecule has 116 valence electrons. The molecule has 0 saturated heterocycles. The molecule has 1 N–H and O–H groups in total. The maximum atomic E-state index is 12.2. The Morgan fingerprint density at radius 1 is 1.19 bits per heavy atom. The first-order chi connectivity index (χ1) is 10.0. The molecule has 0 radical (unpaired) electrons. The van der Waals surface area contributed by atoms with Crippen LogP contribution in [0.15, 0.2) is 24.3 Å². The number of benzene rings is 1. The average Bonchev–Trinajstić information content (AvgIpc) is 2.48. The van der Waals surface area contributed by atoms with Crippen molar-refractivity contribution in [2.45, 2.75) is 37.6 Å². The highest BCUT2D eigenvalue weighted by Gasteiger charge is 2.33. The highest BCUT2D eigenvalue weighted by atomic mass is 35.5. The molecule has 1 aliphatic carbocycles. The fourth-order valence-corrected chi connectivity index (χ4v) is 3.26. The van der Waals surface area contributed by atoms with Crippen molar-refractivity contribution >= 4 is 17.4 Å². The number of hydrogen-bond donors (Lipinski definition) is 1. The van der Waals surface area contributed by atoms with Gasteiger partial charge in [0.15, 0.2) is 5.78 Å². The van der Waals surface area contributed by atoms with E-state index in [2.05, 4.69) is 24.3 Å². The van der Waals surface area contributed by atoms with Gasteiger partial charge in [-0.25, -0.2) is 0 Å². The third-order valence-corrected chi connectivity index (χ3v) is 4.89. The number of carbonyl (C=O) groups is 1. The average molecular weight is 309 g/mol. The van der Waals surface area contributed by atoms with E-state index in [1.165, 1.54) is 32.1 Å². The molecule has 21 heavy (non-hydrogen) atoms. The molecule has 0 aliphatic heterocycles. The molecule has 4 heteroatoms. The summed E-state index contributed by atoms with van der Waals surface area (Å²) >= 11 is 5.84. The number of carbonyl (C=O) groups excluding carboxylic acids is 1. The van der Waals surface area contributed by atoms with Crippen molar-refractivity contribution in [3.63, 3.8) is 0 Å². The molecule has 0 heterocycles. The molecule has 1 fully saturated rings. The van der Waals surface area contributed by atoms with Gasteiger partial charge in [0, 0.05) is 22.7 Å². The van der Waals surface area contributed by atoms with Crippen LogP contribution in [0.3, 0.4) is 0 Å². The van der Waals surface area contributed by atoms with E-state index < -0.39 is 0 Å². The normalized spacial score (nSPS) is 17.9. The SMILES string of the molecule is CN(C)C1(CNCC(=O)c2ccc(Cl)cc2)CCCCC1. The number of nitrogens with zero attached hydrogens (tertiary/aromatic N) is 1. The van der Waals surface area contributed by atoms with Crippen LogP contribution in [0, 0.1) is 0 Å². The van der Waals surface area contributed by atoms with Crippen LogP contribution in [0.2, 0.25) is 5.02 Å². The van der Waals surface area contributed by atoms with E-state index in [-0.39, 0.29) is 11.3 Å². The van der Waals surface area contributed by atoms with Gasteiger partial charge in [0.05, 0.1) is 6.54 Å². The first kappa shape index (κ1) is 16.5. The fraction of sp³-hybridized carbons (Fsp3) is 0.588. The van der Waals surface area contributed by atoms with Gasteiger partial charge < -0.3 is 10.2 Å². The van der Waals surface area contributed by atoms with Crippen molar-refractivity contribution in [1.29, 1.82) is 0 Å². The van der Waals surface area contributed by atoms with E-state index in [9.17, 15) is 4.79 Å². The maximum Gasteiger partial charge on any atom is 0.176 e. The lowest BCUT2D eigenvalue weighted by molar-refractivity contribution is 0.0905. The lowest BCUT2D eigenvalue weighted by Crippen LogP contribution is -2.53. The second kappa shape index (κ2) is 7.39. The summed E-state index contributed by atoms with van der Waals surface area (Å²) in [7, 11) is 4.29. The van der Waals surface area contributed by atoms with Gasteiger partial charge in [-0.3, -0.25) is 4.79 Å². The Morgan fingerprint density at radius 2 is 1.81 bits per heavy atom. The van der Waals surface area contributed by atoms with E-state index in [1.807, 2.05) is 0 Å². The molecule has 0 atom stereocenters. The number of ketones is 1. The highest BCUT2D eigenvalue weighted by Crippen LogP contribution is 2.31. The van der Waals surface area contributed by atoms with Gasteiger partial charge in [-0.05, 0) is 51.2 Å². The standard InChI is InChI=1S/C17H25ClN2O/c1-20(2)17(10-4-3-5-11-17)13-19-12-16(21)14-6-8-15(18)9-7-14/h6-9,19H,3-5,10-13H2,1-2H3. The van der Waals surface area contributed by atoms with Gasteiger partial charge in [0.1, 0.15) is 0 Å². The van der Waals surface area contributed by atoms with E-state index in [0.29, 0.717) is 11.6 Å². The third-order valence-electron chi connectivity index (χ3n) is 4.64. The summed E-state index contributed by atoms with van der Waals surface area (Å²) in [5, 5.41) is 4.03. The Hall–Kier alpha value is -0.900. The Labute approximate surface area is 132 Å². The lowest BCUT2D eigenvalue weighted by Gasteiger charge is -2.43. The first-order valence-corrected chi connectivity index (χ1v) is 8.08. The topological polar surface area (TPSA) is 32.3 Å². The predicted molar refractivity (Wildman–Crippen MR) is 88.2 cm³/mol. The maximum absolute atomic E-state index is 12.2. The zero-order chi connectivity index (χ0) is 15.3. The minimum Gasteiger partial charge on any atom is -0.308 e. The minimum absolute atomic E-state index is 0.122. The predicted octanol–water partition coefficient (Wildman–Crippen LogP) is 3.38. The van der Waals surface area contributed by atoms with Gasteiger partial charge in [-0.1, -0.05) is 30.9 Å². The number of likely N-dealkylation sites (N-methyl/N-ethyl adjacent to an activating group) is 1. The summed E-state index contributed by atoms with van der Waals surface area (Å²) in [6.07, 6.45) is 6.32. The Bertz CT molecular complexity index is 464. The molecule has 0 amide bonds. The molecule has 3 nitrogen and oxygen atoms in total. The fourth-order valence-electron chi connectivity index (χ4n) is 3.14. The van der Waals surface area contributed by atoms with Gasteiger partial charge in [0.25, 0.3) is 0 Å². The van der Waals surface area contributed by atoms with Crippen LogP contribution >= 0.6 is 11.6 Å². The number of hydrogen-bond acceptors (Lipinski definition) is 3. The lowest BCUT2D eigenvalue weighted by atomic mass is 9.80. The molecule has 1 aliphatic rings. The zero-order valence-electron chi connectivity index (χ0n) is 13.0. The van der Waals surface area contributed by atoms with Gasteiger partial charge in [0.2, 0.25) is 0 Å². The van der Waals surface area contributed by atoms with Crippen LogP contribution in [0.25, 0.3) is 0 Å². The van der Waals surface area contributed by atoms with Crippen LogP contribution in [0.4, 0.5) is 0 Å². The molecule has 2 rings (SSSR count). The monoisotopic (exact) mass is 308 g/mol. The number of Topliss-reactive ketones (excluding diaryl/α,β-unsaturated/α-hetero) is 1. The number of halogens is 1.